The molecule has 0 saturated heterocycles. The van der Waals surface area contributed by atoms with Gasteiger partial charge in [0.25, 0.3) is 10.0 Å². The van der Waals surface area contributed by atoms with Crippen LogP contribution in [0.1, 0.15) is 12.5 Å². The third-order valence-electron chi connectivity index (χ3n) is 4.58. The number of nitrogens with one attached hydrogen (secondary N) is 1. The van der Waals surface area contributed by atoms with E-state index in [1.165, 1.54) is 6.07 Å². The summed E-state index contributed by atoms with van der Waals surface area (Å²) in [7, 11) is -3.85. The Hall–Kier alpha value is -2.84. The summed E-state index contributed by atoms with van der Waals surface area (Å²) in [5.74, 6) is 0.306. The second kappa shape index (κ2) is 8.12. The number of rotatable bonds is 6. The van der Waals surface area contributed by atoms with E-state index < -0.39 is 10.0 Å². The number of sulfonamides is 1. The van der Waals surface area contributed by atoms with E-state index in [9.17, 15) is 8.42 Å². The highest BCUT2D eigenvalue weighted by atomic mass is 79.9. The largest absolute Gasteiger partial charge is 0.492 e. The van der Waals surface area contributed by atoms with Crippen LogP contribution in [0.15, 0.2) is 76.4 Å². The first-order chi connectivity index (χ1) is 14.4. The van der Waals surface area contributed by atoms with E-state index in [0.29, 0.717) is 22.5 Å². The van der Waals surface area contributed by atoms with Crippen LogP contribution in [0, 0.1) is 6.92 Å². The lowest BCUT2D eigenvalue weighted by Gasteiger charge is -2.13. The molecule has 0 radical (unpaired) electrons. The fraction of sp³-hybridized carbons (Fsp3) is 0.136. The summed E-state index contributed by atoms with van der Waals surface area (Å²) < 4.78 is 36.9. The lowest BCUT2D eigenvalue weighted by atomic mass is 10.1. The number of aromatic nitrogens is 2. The molecule has 30 heavy (non-hydrogen) atoms. The van der Waals surface area contributed by atoms with Crippen LogP contribution in [0.3, 0.4) is 0 Å². The van der Waals surface area contributed by atoms with Crippen molar-refractivity contribution >= 4 is 37.3 Å². The minimum Gasteiger partial charge on any atom is -0.492 e. The van der Waals surface area contributed by atoms with E-state index in [1.807, 2.05) is 48.8 Å². The van der Waals surface area contributed by atoms with Crippen molar-refractivity contribution in [2.75, 3.05) is 11.3 Å². The number of aryl methyl sites for hydroxylation is 1. The first kappa shape index (κ1) is 20.4. The van der Waals surface area contributed by atoms with Crippen LogP contribution in [0.4, 0.5) is 5.69 Å². The monoisotopic (exact) mass is 485 g/mol. The van der Waals surface area contributed by atoms with Crippen molar-refractivity contribution in [1.29, 1.82) is 0 Å². The number of anilines is 1. The number of imidazole rings is 1. The molecule has 4 aromatic rings. The van der Waals surface area contributed by atoms with Crippen molar-refractivity contribution in [3.8, 4) is 17.0 Å². The zero-order valence-electron chi connectivity index (χ0n) is 16.5. The van der Waals surface area contributed by atoms with E-state index in [-0.39, 0.29) is 4.90 Å². The van der Waals surface area contributed by atoms with Gasteiger partial charge in [0.15, 0.2) is 0 Å². The lowest BCUT2D eigenvalue weighted by molar-refractivity contribution is 0.331. The molecular formula is C22H20BrN3O3S. The Balaban J connectivity index is 1.69. The smallest absolute Gasteiger partial charge is 0.265 e. The number of halogens is 1. The van der Waals surface area contributed by atoms with Crippen molar-refractivity contribution in [3.63, 3.8) is 0 Å². The average molecular weight is 486 g/mol. The predicted octanol–water partition coefficient (Wildman–Crippen LogP) is 5.27. The van der Waals surface area contributed by atoms with Crippen LogP contribution in [0.2, 0.25) is 0 Å². The summed E-state index contributed by atoms with van der Waals surface area (Å²) in [4.78, 5) is 4.76. The van der Waals surface area contributed by atoms with Gasteiger partial charge in [0.05, 0.1) is 12.3 Å². The molecule has 6 nitrogen and oxygen atoms in total. The molecule has 2 aromatic carbocycles. The van der Waals surface area contributed by atoms with Gasteiger partial charge in [-0.3, -0.25) is 4.72 Å². The topological polar surface area (TPSA) is 72.7 Å². The molecule has 0 aliphatic carbocycles. The predicted molar refractivity (Wildman–Crippen MR) is 121 cm³/mol. The van der Waals surface area contributed by atoms with Gasteiger partial charge in [-0.25, -0.2) is 13.4 Å². The van der Waals surface area contributed by atoms with Crippen LogP contribution in [0.25, 0.3) is 16.9 Å². The summed E-state index contributed by atoms with van der Waals surface area (Å²) in [6, 6.07) is 16.1. The molecule has 1 N–H and O–H groups in total. The molecule has 154 valence electrons. The SMILES string of the molecule is CCOc1ccc(Br)cc1S(=O)(=O)Nc1cccc(-c2cn3cccc(C)c3n2)c1. The Morgan fingerprint density at radius 3 is 2.73 bits per heavy atom. The van der Waals surface area contributed by atoms with Gasteiger partial charge in [0, 0.05) is 28.1 Å². The van der Waals surface area contributed by atoms with Gasteiger partial charge in [-0.15, -0.1) is 0 Å². The van der Waals surface area contributed by atoms with Crippen LogP contribution in [-0.2, 0) is 10.0 Å². The number of benzene rings is 2. The zero-order chi connectivity index (χ0) is 21.3. The fourth-order valence-electron chi connectivity index (χ4n) is 3.21. The number of hydrogen-bond acceptors (Lipinski definition) is 4. The first-order valence-electron chi connectivity index (χ1n) is 9.37. The molecule has 2 heterocycles. The quantitative estimate of drug-likeness (QED) is 0.403. The molecular weight excluding hydrogens is 466 g/mol. The molecule has 0 aliphatic heterocycles. The third-order valence-corrected chi connectivity index (χ3v) is 6.48. The minimum atomic E-state index is -3.85. The van der Waals surface area contributed by atoms with Crippen LogP contribution >= 0.6 is 15.9 Å². The molecule has 0 fully saturated rings. The molecule has 0 saturated carbocycles. The van der Waals surface area contributed by atoms with Gasteiger partial charge in [-0.2, -0.15) is 0 Å². The normalized spacial score (nSPS) is 11.6. The molecule has 0 spiro atoms. The summed E-state index contributed by atoms with van der Waals surface area (Å²) >= 11 is 3.33. The third kappa shape index (κ3) is 4.06. The fourth-order valence-corrected chi connectivity index (χ4v) is 4.95. The van der Waals surface area contributed by atoms with Gasteiger partial charge in [0.2, 0.25) is 0 Å². The van der Waals surface area contributed by atoms with E-state index in [2.05, 4.69) is 25.6 Å². The van der Waals surface area contributed by atoms with Gasteiger partial charge in [-0.1, -0.05) is 34.1 Å². The number of pyridine rings is 1. The van der Waals surface area contributed by atoms with E-state index in [1.54, 1.807) is 30.3 Å². The second-order valence-corrected chi connectivity index (χ2v) is 9.33. The van der Waals surface area contributed by atoms with Crippen LogP contribution in [-0.4, -0.2) is 24.4 Å². The van der Waals surface area contributed by atoms with Crippen molar-refractivity contribution in [2.45, 2.75) is 18.7 Å². The maximum absolute atomic E-state index is 13.1. The summed E-state index contributed by atoms with van der Waals surface area (Å²) in [6.45, 7) is 4.18. The van der Waals surface area contributed by atoms with Gasteiger partial charge in [0.1, 0.15) is 16.3 Å². The number of ether oxygens (including phenoxy) is 1. The highest BCUT2D eigenvalue weighted by Gasteiger charge is 2.21. The average Bonchev–Trinajstić information content (AvgIpc) is 3.15. The Morgan fingerprint density at radius 1 is 1.13 bits per heavy atom. The zero-order valence-corrected chi connectivity index (χ0v) is 18.9. The molecule has 0 bridgehead atoms. The first-order valence-corrected chi connectivity index (χ1v) is 11.6. The maximum Gasteiger partial charge on any atom is 0.265 e. The number of nitrogens with zero attached hydrogens (tertiary/aromatic N) is 2. The Kier molecular flexibility index (Phi) is 5.53. The van der Waals surface area contributed by atoms with E-state index >= 15 is 0 Å². The van der Waals surface area contributed by atoms with E-state index in [4.69, 9.17) is 4.74 Å². The van der Waals surface area contributed by atoms with Crippen molar-refractivity contribution < 1.29 is 13.2 Å². The lowest BCUT2D eigenvalue weighted by Crippen LogP contribution is -2.14. The minimum absolute atomic E-state index is 0.0764. The molecule has 0 amide bonds. The molecule has 2 aromatic heterocycles. The summed E-state index contributed by atoms with van der Waals surface area (Å²) in [6.07, 6.45) is 3.87. The summed E-state index contributed by atoms with van der Waals surface area (Å²) in [5, 5.41) is 0. The van der Waals surface area contributed by atoms with Crippen molar-refractivity contribution in [3.05, 3.63) is 77.0 Å². The molecule has 0 unspecified atom stereocenters. The second-order valence-electron chi connectivity index (χ2n) is 6.76. The summed E-state index contributed by atoms with van der Waals surface area (Å²) in [5.41, 5.74) is 3.97. The highest BCUT2D eigenvalue weighted by molar-refractivity contribution is 9.10. The van der Waals surface area contributed by atoms with Gasteiger partial charge >= 0.3 is 0 Å². The standard InChI is InChI=1S/C22H20BrN3O3S/c1-3-29-20-10-9-17(23)13-21(20)30(27,28)25-18-8-4-7-16(12-18)19-14-26-11-5-6-15(2)22(26)24-19/h4-14,25H,3H2,1-2H3. The Labute approximate surface area is 183 Å². The van der Waals surface area contributed by atoms with Crippen LogP contribution in [0.5, 0.6) is 5.75 Å². The molecule has 8 heteroatoms. The molecule has 4 rings (SSSR count). The Bertz CT molecular complexity index is 1330. The van der Waals surface area contributed by atoms with Crippen molar-refractivity contribution in [2.24, 2.45) is 0 Å². The maximum atomic E-state index is 13.1. The van der Waals surface area contributed by atoms with Gasteiger partial charge < -0.3 is 9.14 Å². The number of hydrogen-bond donors (Lipinski definition) is 1. The highest BCUT2D eigenvalue weighted by Crippen LogP contribution is 2.30. The number of fused-ring (bicyclic) bond motifs is 1. The van der Waals surface area contributed by atoms with Crippen LogP contribution < -0.4 is 9.46 Å². The van der Waals surface area contributed by atoms with Gasteiger partial charge in [-0.05, 0) is 55.8 Å². The van der Waals surface area contributed by atoms with E-state index in [0.717, 1.165) is 22.5 Å². The molecule has 0 atom stereocenters. The molecule has 0 aliphatic rings. The van der Waals surface area contributed by atoms with Crippen molar-refractivity contribution in [1.82, 2.24) is 9.38 Å². The Morgan fingerprint density at radius 2 is 1.97 bits per heavy atom.